The second-order valence-electron chi connectivity index (χ2n) is 3.50. The van der Waals surface area contributed by atoms with Crippen molar-refractivity contribution < 1.29 is 4.74 Å². The average Bonchev–Trinajstić information content (AvgIpc) is 2.27. The van der Waals surface area contributed by atoms with E-state index in [1.165, 1.54) is 0 Å². The van der Waals surface area contributed by atoms with E-state index in [1.807, 2.05) is 6.07 Å². The standard InChI is InChI=1S/C10H14ClN3O/c11-9-8(2-1-7(12)10(9)13)14-3-5-15-6-4-14/h1-2H,3-6,12-13H2. The van der Waals surface area contributed by atoms with Crippen molar-refractivity contribution in [3.63, 3.8) is 0 Å². The summed E-state index contributed by atoms with van der Waals surface area (Å²) in [6.07, 6.45) is 0. The molecule has 0 spiro atoms. The number of morpholine rings is 1. The van der Waals surface area contributed by atoms with Crippen molar-refractivity contribution in [2.75, 3.05) is 42.7 Å². The van der Waals surface area contributed by atoms with E-state index < -0.39 is 0 Å². The molecule has 0 bridgehead atoms. The molecule has 4 nitrogen and oxygen atoms in total. The first-order valence-corrected chi connectivity index (χ1v) is 5.24. The van der Waals surface area contributed by atoms with Gasteiger partial charge in [0.05, 0.1) is 35.3 Å². The first kappa shape index (κ1) is 10.4. The average molecular weight is 228 g/mol. The largest absolute Gasteiger partial charge is 0.397 e. The van der Waals surface area contributed by atoms with Crippen molar-refractivity contribution in [3.8, 4) is 0 Å². The number of benzene rings is 1. The smallest absolute Gasteiger partial charge is 0.0889 e. The van der Waals surface area contributed by atoms with Crippen LogP contribution in [-0.4, -0.2) is 26.3 Å². The van der Waals surface area contributed by atoms with Gasteiger partial charge in [-0.15, -0.1) is 0 Å². The molecule has 1 aromatic carbocycles. The number of ether oxygens (including phenoxy) is 1. The van der Waals surface area contributed by atoms with Gasteiger partial charge >= 0.3 is 0 Å². The molecule has 1 aliphatic rings. The number of nitrogens with two attached hydrogens (primary N) is 2. The lowest BCUT2D eigenvalue weighted by Gasteiger charge is -2.30. The number of anilines is 3. The molecule has 15 heavy (non-hydrogen) atoms. The lowest BCUT2D eigenvalue weighted by Crippen LogP contribution is -2.36. The minimum absolute atomic E-state index is 0.459. The van der Waals surface area contributed by atoms with Gasteiger partial charge in [0.25, 0.3) is 0 Å². The van der Waals surface area contributed by atoms with Gasteiger partial charge in [-0.3, -0.25) is 0 Å². The molecule has 0 aromatic heterocycles. The Hall–Kier alpha value is -1.13. The van der Waals surface area contributed by atoms with Crippen molar-refractivity contribution in [1.82, 2.24) is 0 Å². The minimum atomic E-state index is 0.459. The van der Waals surface area contributed by atoms with Crippen LogP contribution in [0.3, 0.4) is 0 Å². The van der Waals surface area contributed by atoms with Gasteiger partial charge in [0.1, 0.15) is 0 Å². The molecule has 1 saturated heterocycles. The lowest BCUT2D eigenvalue weighted by molar-refractivity contribution is 0.122. The summed E-state index contributed by atoms with van der Waals surface area (Å²) in [5.41, 5.74) is 13.4. The third kappa shape index (κ3) is 1.96. The first-order chi connectivity index (χ1) is 7.20. The Kier molecular flexibility index (Phi) is 2.88. The van der Waals surface area contributed by atoms with Crippen molar-refractivity contribution in [2.45, 2.75) is 0 Å². The van der Waals surface area contributed by atoms with Crippen LogP contribution < -0.4 is 16.4 Å². The number of nitrogens with zero attached hydrogens (tertiary/aromatic N) is 1. The van der Waals surface area contributed by atoms with Crippen LogP contribution in [0.1, 0.15) is 0 Å². The van der Waals surface area contributed by atoms with Gasteiger partial charge in [-0.05, 0) is 12.1 Å². The van der Waals surface area contributed by atoms with Crippen LogP contribution in [0.15, 0.2) is 12.1 Å². The van der Waals surface area contributed by atoms with E-state index in [-0.39, 0.29) is 0 Å². The number of rotatable bonds is 1. The summed E-state index contributed by atoms with van der Waals surface area (Å²) in [6.45, 7) is 3.12. The number of nitrogen functional groups attached to an aromatic ring is 2. The number of halogens is 1. The van der Waals surface area contributed by atoms with Crippen LogP contribution in [-0.2, 0) is 4.74 Å². The van der Waals surface area contributed by atoms with Crippen molar-refractivity contribution in [2.24, 2.45) is 0 Å². The maximum Gasteiger partial charge on any atom is 0.0889 e. The summed E-state index contributed by atoms with van der Waals surface area (Å²) in [5, 5.41) is 0.539. The highest BCUT2D eigenvalue weighted by atomic mass is 35.5. The van der Waals surface area contributed by atoms with Crippen LogP contribution in [0.2, 0.25) is 5.02 Å². The summed E-state index contributed by atoms with van der Waals surface area (Å²) < 4.78 is 5.27. The summed E-state index contributed by atoms with van der Waals surface area (Å²) in [5.74, 6) is 0. The van der Waals surface area contributed by atoms with Crippen LogP contribution in [0.25, 0.3) is 0 Å². The zero-order valence-electron chi connectivity index (χ0n) is 8.37. The molecule has 0 amide bonds. The van der Waals surface area contributed by atoms with Gasteiger partial charge in [0.2, 0.25) is 0 Å². The third-order valence-electron chi connectivity index (χ3n) is 2.54. The fourth-order valence-electron chi connectivity index (χ4n) is 1.64. The predicted molar refractivity (Wildman–Crippen MR) is 63.3 cm³/mol. The second kappa shape index (κ2) is 4.16. The first-order valence-electron chi connectivity index (χ1n) is 4.86. The molecule has 0 aliphatic carbocycles. The van der Waals surface area contributed by atoms with E-state index in [1.54, 1.807) is 6.07 Å². The molecule has 4 N–H and O–H groups in total. The molecule has 1 aromatic rings. The maximum atomic E-state index is 6.14. The monoisotopic (exact) mass is 227 g/mol. The quantitative estimate of drug-likeness (QED) is 0.711. The second-order valence-corrected chi connectivity index (χ2v) is 3.88. The van der Waals surface area contributed by atoms with Crippen LogP contribution in [0.4, 0.5) is 17.1 Å². The van der Waals surface area contributed by atoms with E-state index in [2.05, 4.69) is 4.90 Å². The zero-order chi connectivity index (χ0) is 10.8. The van der Waals surface area contributed by atoms with Gasteiger partial charge in [0.15, 0.2) is 0 Å². The van der Waals surface area contributed by atoms with Crippen LogP contribution in [0, 0.1) is 0 Å². The molecular weight excluding hydrogens is 214 g/mol. The highest BCUT2D eigenvalue weighted by Crippen LogP contribution is 2.35. The molecule has 5 heteroatoms. The maximum absolute atomic E-state index is 6.14. The van der Waals surface area contributed by atoms with Gasteiger partial charge in [-0.25, -0.2) is 0 Å². The van der Waals surface area contributed by atoms with Crippen molar-refractivity contribution in [1.29, 1.82) is 0 Å². The predicted octanol–water partition coefficient (Wildman–Crippen LogP) is 1.34. The fraction of sp³-hybridized carbons (Fsp3) is 0.400. The Morgan fingerprint density at radius 3 is 2.53 bits per heavy atom. The van der Waals surface area contributed by atoms with Gasteiger partial charge in [0, 0.05) is 13.1 Å². The number of hydrogen-bond acceptors (Lipinski definition) is 4. The normalized spacial score (nSPS) is 16.7. The molecule has 2 rings (SSSR count). The molecule has 0 unspecified atom stereocenters. The molecule has 82 valence electrons. The van der Waals surface area contributed by atoms with Gasteiger partial charge in [-0.2, -0.15) is 0 Å². The molecule has 0 saturated carbocycles. The van der Waals surface area contributed by atoms with E-state index in [4.69, 9.17) is 27.8 Å². The van der Waals surface area contributed by atoms with Crippen molar-refractivity contribution in [3.05, 3.63) is 17.2 Å². The van der Waals surface area contributed by atoms with E-state index in [0.717, 1.165) is 32.0 Å². The van der Waals surface area contributed by atoms with Crippen LogP contribution in [0.5, 0.6) is 0 Å². The fourth-order valence-corrected chi connectivity index (χ4v) is 1.94. The van der Waals surface area contributed by atoms with Gasteiger partial charge < -0.3 is 21.1 Å². The summed E-state index contributed by atoms with van der Waals surface area (Å²) in [7, 11) is 0. The molecule has 1 heterocycles. The zero-order valence-corrected chi connectivity index (χ0v) is 9.13. The van der Waals surface area contributed by atoms with Crippen LogP contribution >= 0.6 is 11.6 Å². The van der Waals surface area contributed by atoms with E-state index in [0.29, 0.717) is 16.4 Å². The highest BCUT2D eigenvalue weighted by molar-refractivity contribution is 6.36. The Morgan fingerprint density at radius 2 is 1.87 bits per heavy atom. The Bertz CT molecular complexity index is 364. The molecular formula is C10H14ClN3O. The Morgan fingerprint density at radius 1 is 1.20 bits per heavy atom. The summed E-state index contributed by atoms with van der Waals surface area (Å²) >= 11 is 6.14. The van der Waals surface area contributed by atoms with Crippen molar-refractivity contribution >= 4 is 28.7 Å². The minimum Gasteiger partial charge on any atom is -0.397 e. The van der Waals surface area contributed by atoms with E-state index in [9.17, 15) is 0 Å². The Labute approximate surface area is 93.7 Å². The summed E-state index contributed by atoms with van der Waals surface area (Å²) in [4.78, 5) is 2.15. The summed E-state index contributed by atoms with van der Waals surface area (Å²) in [6, 6.07) is 3.69. The SMILES string of the molecule is Nc1ccc(N2CCOCC2)c(Cl)c1N. The van der Waals surface area contributed by atoms with E-state index >= 15 is 0 Å². The lowest BCUT2D eigenvalue weighted by atomic mass is 10.2. The molecule has 1 aliphatic heterocycles. The van der Waals surface area contributed by atoms with Gasteiger partial charge in [-0.1, -0.05) is 11.6 Å². The molecule has 1 fully saturated rings. The highest BCUT2D eigenvalue weighted by Gasteiger charge is 2.16. The molecule has 0 radical (unpaired) electrons. The third-order valence-corrected chi connectivity index (χ3v) is 2.94. The number of hydrogen-bond donors (Lipinski definition) is 2. The molecule has 0 atom stereocenters. The Balaban J connectivity index is 2.31. The topological polar surface area (TPSA) is 64.5 Å².